The summed E-state index contributed by atoms with van der Waals surface area (Å²) in [5.74, 6) is -1.02. The van der Waals surface area contributed by atoms with Crippen LogP contribution in [0.15, 0.2) is 42.5 Å². The van der Waals surface area contributed by atoms with Gasteiger partial charge >= 0.3 is 5.97 Å². The molecule has 2 rings (SSSR count). The van der Waals surface area contributed by atoms with Crippen molar-refractivity contribution in [3.63, 3.8) is 0 Å². The van der Waals surface area contributed by atoms with Crippen LogP contribution in [0, 0.1) is 11.3 Å². The summed E-state index contributed by atoms with van der Waals surface area (Å²) in [6.45, 7) is 0.462. The summed E-state index contributed by atoms with van der Waals surface area (Å²) < 4.78 is 0. The van der Waals surface area contributed by atoms with Gasteiger partial charge in [-0.2, -0.15) is 5.26 Å². The van der Waals surface area contributed by atoms with E-state index in [1.165, 1.54) is 6.07 Å². The molecule has 21 heavy (non-hydrogen) atoms. The van der Waals surface area contributed by atoms with Crippen molar-refractivity contribution < 1.29 is 9.90 Å². The fourth-order valence-corrected chi connectivity index (χ4v) is 2.25. The van der Waals surface area contributed by atoms with E-state index in [2.05, 4.69) is 6.07 Å². The van der Waals surface area contributed by atoms with E-state index >= 15 is 0 Å². The zero-order valence-corrected chi connectivity index (χ0v) is 11.6. The molecule has 106 valence electrons. The number of rotatable bonds is 4. The number of nitrogens with two attached hydrogens (primary N) is 1. The van der Waals surface area contributed by atoms with Crippen LogP contribution >= 0.6 is 0 Å². The third-order valence-corrected chi connectivity index (χ3v) is 3.16. The highest BCUT2D eigenvalue weighted by Gasteiger charge is 2.16. The van der Waals surface area contributed by atoms with Crippen molar-refractivity contribution in [2.75, 3.05) is 17.7 Å². The maximum Gasteiger partial charge on any atom is 0.337 e. The molecule has 2 aromatic carbocycles. The molecule has 0 fully saturated rings. The highest BCUT2D eigenvalue weighted by atomic mass is 16.4. The van der Waals surface area contributed by atoms with Gasteiger partial charge in [0.2, 0.25) is 0 Å². The minimum Gasteiger partial charge on any atom is -0.478 e. The number of para-hydroxylation sites is 1. The van der Waals surface area contributed by atoms with Crippen LogP contribution in [0.3, 0.4) is 0 Å². The molecule has 2 aromatic rings. The van der Waals surface area contributed by atoms with Crippen molar-refractivity contribution in [1.29, 1.82) is 5.26 Å². The number of nitrogens with zero attached hydrogens (tertiary/aromatic N) is 2. The van der Waals surface area contributed by atoms with Gasteiger partial charge in [-0.3, -0.25) is 0 Å². The molecule has 0 aliphatic carbocycles. The highest BCUT2D eigenvalue weighted by molar-refractivity contribution is 5.97. The number of nitrogen functional groups attached to an aromatic ring is 1. The molecule has 0 saturated heterocycles. The number of aromatic carboxylic acids is 1. The molecule has 3 N–H and O–H groups in total. The topological polar surface area (TPSA) is 90.4 Å². The molecule has 0 unspecified atom stereocenters. The minimum absolute atomic E-state index is 0.161. The summed E-state index contributed by atoms with van der Waals surface area (Å²) in [7, 11) is 1.77. The number of carbonyl (C=O) groups is 1. The van der Waals surface area contributed by atoms with Crippen molar-refractivity contribution in [3.05, 3.63) is 59.2 Å². The average molecular weight is 281 g/mol. The summed E-state index contributed by atoms with van der Waals surface area (Å²) in [6, 6.07) is 14.1. The molecule has 0 aromatic heterocycles. The lowest BCUT2D eigenvalue weighted by molar-refractivity contribution is 0.0697. The summed E-state index contributed by atoms with van der Waals surface area (Å²) in [5, 5.41) is 18.2. The van der Waals surface area contributed by atoms with Crippen molar-refractivity contribution in [2.24, 2.45) is 0 Å². The summed E-state index contributed by atoms with van der Waals surface area (Å²) in [4.78, 5) is 13.1. The van der Waals surface area contributed by atoms with Crippen LogP contribution in [-0.2, 0) is 6.54 Å². The van der Waals surface area contributed by atoms with E-state index in [9.17, 15) is 9.90 Å². The van der Waals surface area contributed by atoms with Crippen LogP contribution in [0.25, 0.3) is 0 Å². The lowest BCUT2D eigenvalue weighted by Crippen LogP contribution is -2.21. The number of benzene rings is 2. The van der Waals surface area contributed by atoms with Crippen LogP contribution in [0.2, 0.25) is 0 Å². The van der Waals surface area contributed by atoms with Crippen LogP contribution in [0.1, 0.15) is 21.5 Å². The summed E-state index contributed by atoms with van der Waals surface area (Å²) >= 11 is 0. The van der Waals surface area contributed by atoms with Crippen molar-refractivity contribution in [1.82, 2.24) is 0 Å². The van der Waals surface area contributed by atoms with Gasteiger partial charge < -0.3 is 15.7 Å². The lowest BCUT2D eigenvalue weighted by Gasteiger charge is -2.23. The molecule has 5 nitrogen and oxygen atoms in total. The first kappa shape index (κ1) is 14.4. The maximum atomic E-state index is 11.3. The Morgan fingerprint density at radius 2 is 2.05 bits per heavy atom. The van der Waals surface area contributed by atoms with E-state index in [0.29, 0.717) is 23.5 Å². The van der Waals surface area contributed by atoms with Crippen molar-refractivity contribution in [2.45, 2.75) is 6.54 Å². The fourth-order valence-electron chi connectivity index (χ4n) is 2.25. The Hall–Kier alpha value is -3.00. The predicted octanol–water partition coefficient (Wildman–Crippen LogP) is 2.48. The molecule has 0 saturated carbocycles. The van der Waals surface area contributed by atoms with Gasteiger partial charge in [-0.05, 0) is 29.8 Å². The lowest BCUT2D eigenvalue weighted by atomic mass is 10.1. The second-order valence-electron chi connectivity index (χ2n) is 4.72. The molecule has 0 aliphatic rings. The van der Waals surface area contributed by atoms with E-state index in [1.54, 1.807) is 42.3 Å². The molecule has 0 aliphatic heterocycles. The molecular weight excluding hydrogens is 266 g/mol. The second kappa shape index (κ2) is 5.97. The summed E-state index contributed by atoms with van der Waals surface area (Å²) in [5.41, 5.74) is 8.45. The van der Waals surface area contributed by atoms with Crippen molar-refractivity contribution >= 4 is 17.3 Å². The molecule has 0 radical (unpaired) electrons. The van der Waals surface area contributed by atoms with E-state index in [0.717, 1.165) is 5.56 Å². The normalized spacial score (nSPS) is 9.90. The van der Waals surface area contributed by atoms with E-state index in [1.807, 2.05) is 6.07 Å². The molecule has 5 heteroatoms. The monoisotopic (exact) mass is 281 g/mol. The van der Waals surface area contributed by atoms with Gasteiger partial charge in [0, 0.05) is 13.6 Å². The van der Waals surface area contributed by atoms with Gasteiger partial charge in [-0.1, -0.05) is 18.2 Å². The Labute approximate surface area is 122 Å². The van der Waals surface area contributed by atoms with Crippen LogP contribution in [0.5, 0.6) is 0 Å². The molecule has 0 atom stereocenters. The highest BCUT2D eigenvalue weighted by Crippen LogP contribution is 2.28. The molecule has 0 amide bonds. The number of hydrogen-bond donors (Lipinski definition) is 2. The van der Waals surface area contributed by atoms with E-state index < -0.39 is 5.97 Å². The zero-order chi connectivity index (χ0) is 15.4. The minimum atomic E-state index is -1.02. The third kappa shape index (κ3) is 3.12. The molecule has 0 heterocycles. The SMILES string of the molecule is CN(Cc1cccc(C#N)c1)c1c(N)cccc1C(=O)O. The zero-order valence-electron chi connectivity index (χ0n) is 11.6. The van der Waals surface area contributed by atoms with Crippen molar-refractivity contribution in [3.8, 4) is 6.07 Å². The number of anilines is 2. The van der Waals surface area contributed by atoms with E-state index in [-0.39, 0.29) is 5.56 Å². The first-order chi connectivity index (χ1) is 10.0. The standard InChI is InChI=1S/C16H15N3O2/c1-19(10-12-5-2-4-11(8-12)9-17)15-13(16(20)21)6-3-7-14(15)18/h2-8H,10,18H2,1H3,(H,20,21). The number of carboxylic acids is 1. The predicted molar refractivity (Wildman–Crippen MR) is 81.1 cm³/mol. The van der Waals surface area contributed by atoms with Gasteiger partial charge in [-0.25, -0.2) is 4.79 Å². The van der Waals surface area contributed by atoms with Gasteiger partial charge in [0.15, 0.2) is 0 Å². The van der Waals surface area contributed by atoms with Crippen LogP contribution in [-0.4, -0.2) is 18.1 Å². The second-order valence-corrected chi connectivity index (χ2v) is 4.72. The Bertz CT molecular complexity index is 720. The Balaban J connectivity index is 2.34. The molecule has 0 spiro atoms. The first-order valence-corrected chi connectivity index (χ1v) is 6.35. The molecular formula is C16H15N3O2. The number of nitriles is 1. The smallest absolute Gasteiger partial charge is 0.337 e. The third-order valence-electron chi connectivity index (χ3n) is 3.16. The number of hydrogen-bond acceptors (Lipinski definition) is 4. The van der Waals surface area contributed by atoms with Gasteiger partial charge in [0.05, 0.1) is 28.6 Å². The fraction of sp³-hybridized carbons (Fsp3) is 0.125. The van der Waals surface area contributed by atoms with E-state index in [4.69, 9.17) is 11.0 Å². The quantitative estimate of drug-likeness (QED) is 0.840. The summed E-state index contributed by atoms with van der Waals surface area (Å²) in [6.07, 6.45) is 0. The Morgan fingerprint density at radius 1 is 1.33 bits per heavy atom. The number of carboxylic acid groups (broad SMARTS) is 1. The molecule has 0 bridgehead atoms. The van der Waals surface area contributed by atoms with Crippen LogP contribution < -0.4 is 10.6 Å². The Kier molecular flexibility index (Phi) is 4.10. The largest absolute Gasteiger partial charge is 0.478 e. The van der Waals surface area contributed by atoms with Gasteiger partial charge in [0.25, 0.3) is 0 Å². The van der Waals surface area contributed by atoms with Gasteiger partial charge in [0.1, 0.15) is 0 Å². The van der Waals surface area contributed by atoms with Gasteiger partial charge in [-0.15, -0.1) is 0 Å². The van der Waals surface area contributed by atoms with Crippen LogP contribution in [0.4, 0.5) is 11.4 Å². The Morgan fingerprint density at radius 3 is 2.71 bits per heavy atom. The maximum absolute atomic E-state index is 11.3. The average Bonchev–Trinajstić information content (AvgIpc) is 2.46. The first-order valence-electron chi connectivity index (χ1n) is 6.35.